The van der Waals surface area contributed by atoms with Gasteiger partial charge >= 0.3 is 0 Å². The highest BCUT2D eigenvalue weighted by Gasteiger charge is 2.07. The monoisotopic (exact) mass is 284 g/mol. The SMILES string of the molecule is CC(=O)Nc1ccccc1CNc1cccnc1N(C)C. The molecule has 1 aromatic heterocycles. The number of nitrogens with zero attached hydrogens (tertiary/aromatic N) is 2. The van der Waals surface area contributed by atoms with Crippen molar-refractivity contribution in [1.82, 2.24) is 4.98 Å². The topological polar surface area (TPSA) is 57.3 Å². The molecule has 1 aromatic carbocycles. The molecule has 0 aliphatic carbocycles. The minimum atomic E-state index is -0.0715. The van der Waals surface area contributed by atoms with Crippen LogP contribution in [-0.2, 0) is 11.3 Å². The number of rotatable bonds is 5. The first kappa shape index (κ1) is 14.8. The van der Waals surface area contributed by atoms with Crippen molar-refractivity contribution < 1.29 is 4.79 Å². The van der Waals surface area contributed by atoms with Crippen molar-refractivity contribution in [3.63, 3.8) is 0 Å². The van der Waals surface area contributed by atoms with Crippen molar-refractivity contribution in [3.05, 3.63) is 48.2 Å². The Kier molecular flexibility index (Phi) is 4.77. The zero-order chi connectivity index (χ0) is 15.2. The Morgan fingerprint density at radius 3 is 2.57 bits per heavy atom. The summed E-state index contributed by atoms with van der Waals surface area (Å²) in [4.78, 5) is 17.6. The van der Waals surface area contributed by atoms with Crippen molar-refractivity contribution in [2.75, 3.05) is 29.6 Å². The first-order chi connectivity index (χ1) is 10.1. The van der Waals surface area contributed by atoms with Crippen LogP contribution >= 0.6 is 0 Å². The van der Waals surface area contributed by atoms with Gasteiger partial charge in [-0.2, -0.15) is 0 Å². The van der Waals surface area contributed by atoms with Crippen LogP contribution < -0.4 is 15.5 Å². The largest absolute Gasteiger partial charge is 0.378 e. The molecule has 5 heteroatoms. The molecule has 0 atom stereocenters. The molecule has 2 N–H and O–H groups in total. The first-order valence-electron chi connectivity index (χ1n) is 6.79. The smallest absolute Gasteiger partial charge is 0.221 e. The van der Waals surface area contributed by atoms with Crippen molar-refractivity contribution in [2.24, 2.45) is 0 Å². The average Bonchev–Trinajstić information content (AvgIpc) is 2.46. The van der Waals surface area contributed by atoms with Crippen LogP contribution in [0.2, 0.25) is 0 Å². The lowest BCUT2D eigenvalue weighted by Crippen LogP contribution is -2.14. The van der Waals surface area contributed by atoms with Gasteiger partial charge in [-0.05, 0) is 23.8 Å². The van der Waals surface area contributed by atoms with Gasteiger partial charge in [-0.15, -0.1) is 0 Å². The molecule has 0 unspecified atom stereocenters. The fourth-order valence-electron chi connectivity index (χ4n) is 2.07. The van der Waals surface area contributed by atoms with Gasteiger partial charge in [-0.25, -0.2) is 4.98 Å². The molecule has 0 saturated heterocycles. The summed E-state index contributed by atoms with van der Waals surface area (Å²) >= 11 is 0. The molecular weight excluding hydrogens is 264 g/mol. The summed E-state index contributed by atoms with van der Waals surface area (Å²) in [5.41, 5.74) is 2.81. The van der Waals surface area contributed by atoms with Crippen molar-refractivity contribution in [3.8, 4) is 0 Å². The van der Waals surface area contributed by atoms with E-state index in [1.165, 1.54) is 6.92 Å². The molecular formula is C16H20N4O. The molecule has 0 fully saturated rings. The summed E-state index contributed by atoms with van der Waals surface area (Å²) in [5.74, 6) is 0.812. The predicted octanol–water partition coefficient (Wildman–Crippen LogP) is 2.72. The van der Waals surface area contributed by atoms with Gasteiger partial charge in [0, 0.05) is 39.4 Å². The van der Waals surface area contributed by atoms with E-state index in [1.807, 2.05) is 55.4 Å². The number of aromatic nitrogens is 1. The van der Waals surface area contributed by atoms with E-state index in [9.17, 15) is 4.79 Å². The standard InChI is InChI=1S/C16H20N4O/c1-12(21)19-14-8-5-4-7-13(14)11-18-15-9-6-10-17-16(15)20(2)3/h4-10,18H,11H2,1-3H3,(H,19,21). The predicted molar refractivity (Wildman–Crippen MR) is 86.6 cm³/mol. The Morgan fingerprint density at radius 2 is 1.86 bits per heavy atom. The van der Waals surface area contributed by atoms with E-state index in [2.05, 4.69) is 15.6 Å². The number of anilines is 3. The maximum absolute atomic E-state index is 11.2. The van der Waals surface area contributed by atoms with Gasteiger partial charge in [-0.3, -0.25) is 4.79 Å². The Hall–Kier alpha value is -2.56. The molecule has 1 amide bonds. The molecule has 110 valence electrons. The zero-order valence-electron chi connectivity index (χ0n) is 12.6. The minimum absolute atomic E-state index is 0.0715. The van der Waals surface area contributed by atoms with E-state index in [1.54, 1.807) is 6.20 Å². The molecule has 0 bridgehead atoms. The van der Waals surface area contributed by atoms with E-state index >= 15 is 0 Å². The molecule has 0 radical (unpaired) electrons. The third-order valence-electron chi connectivity index (χ3n) is 3.01. The molecule has 2 rings (SSSR count). The summed E-state index contributed by atoms with van der Waals surface area (Å²) in [6, 6.07) is 11.6. The van der Waals surface area contributed by atoms with Gasteiger partial charge < -0.3 is 15.5 Å². The lowest BCUT2D eigenvalue weighted by atomic mass is 10.1. The highest BCUT2D eigenvalue weighted by atomic mass is 16.1. The third-order valence-corrected chi connectivity index (χ3v) is 3.01. The van der Waals surface area contributed by atoms with Gasteiger partial charge in [0.15, 0.2) is 5.82 Å². The normalized spacial score (nSPS) is 10.0. The van der Waals surface area contributed by atoms with Crippen LogP contribution in [0, 0.1) is 0 Å². The molecule has 0 spiro atoms. The van der Waals surface area contributed by atoms with Crippen LogP contribution in [-0.4, -0.2) is 25.0 Å². The number of hydrogen-bond donors (Lipinski definition) is 2. The van der Waals surface area contributed by atoms with Crippen LogP contribution in [0.5, 0.6) is 0 Å². The Bertz CT molecular complexity index is 625. The molecule has 0 saturated carbocycles. The highest BCUT2D eigenvalue weighted by Crippen LogP contribution is 2.22. The van der Waals surface area contributed by atoms with Crippen LogP contribution in [0.4, 0.5) is 17.2 Å². The molecule has 21 heavy (non-hydrogen) atoms. The number of carbonyl (C=O) groups excluding carboxylic acids is 1. The summed E-state index contributed by atoms with van der Waals surface area (Å²) in [6.07, 6.45) is 1.77. The minimum Gasteiger partial charge on any atom is -0.378 e. The lowest BCUT2D eigenvalue weighted by molar-refractivity contribution is -0.114. The number of amides is 1. The summed E-state index contributed by atoms with van der Waals surface area (Å²) in [5, 5.41) is 6.21. The van der Waals surface area contributed by atoms with Crippen LogP contribution in [0.1, 0.15) is 12.5 Å². The fourth-order valence-corrected chi connectivity index (χ4v) is 2.07. The lowest BCUT2D eigenvalue weighted by Gasteiger charge is -2.17. The third kappa shape index (κ3) is 3.95. The van der Waals surface area contributed by atoms with E-state index in [0.29, 0.717) is 6.54 Å². The molecule has 2 aromatic rings. The maximum Gasteiger partial charge on any atom is 0.221 e. The Balaban J connectivity index is 2.15. The van der Waals surface area contributed by atoms with Gasteiger partial charge in [-0.1, -0.05) is 18.2 Å². The number of nitrogens with one attached hydrogen (secondary N) is 2. The van der Waals surface area contributed by atoms with Gasteiger partial charge in [0.25, 0.3) is 0 Å². The van der Waals surface area contributed by atoms with Crippen LogP contribution in [0.3, 0.4) is 0 Å². The second kappa shape index (κ2) is 6.74. The van der Waals surface area contributed by atoms with Crippen molar-refractivity contribution in [1.29, 1.82) is 0 Å². The summed E-state index contributed by atoms with van der Waals surface area (Å²) in [6.45, 7) is 2.12. The number of pyridine rings is 1. The van der Waals surface area contributed by atoms with Crippen LogP contribution in [0.25, 0.3) is 0 Å². The summed E-state index contributed by atoms with van der Waals surface area (Å²) in [7, 11) is 3.91. The second-order valence-electron chi connectivity index (χ2n) is 4.96. The van der Waals surface area contributed by atoms with E-state index in [0.717, 1.165) is 22.8 Å². The Labute approximate surface area is 125 Å². The van der Waals surface area contributed by atoms with Gasteiger partial charge in [0.05, 0.1) is 5.69 Å². The quantitative estimate of drug-likeness (QED) is 0.886. The maximum atomic E-state index is 11.2. The molecule has 0 aliphatic heterocycles. The van der Waals surface area contributed by atoms with Crippen molar-refractivity contribution >= 4 is 23.1 Å². The van der Waals surface area contributed by atoms with Crippen LogP contribution in [0.15, 0.2) is 42.6 Å². The average molecular weight is 284 g/mol. The summed E-state index contributed by atoms with van der Waals surface area (Å²) < 4.78 is 0. The van der Waals surface area contributed by atoms with E-state index in [-0.39, 0.29) is 5.91 Å². The molecule has 1 heterocycles. The number of para-hydroxylation sites is 1. The highest BCUT2D eigenvalue weighted by molar-refractivity contribution is 5.89. The fraction of sp³-hybridized carbons (Fsp3) is 0.250. The molecule has 0 aliphatic rings. The van der Waals surface area contributed by atoms with Gasteiger partial charge in [0.2, 0.25) is 5.91 Å². The zero-order valence-corrected chi connectivity index (χ0v) is 12.6. The molecule has 5 nitrogen and oxygen atoms in total. The van der Waals surface area contributed by atoms with Crippen molar-refractivity contribution in [2.45, 2.75) is 13.5 Å². The van der Waals surface area contributed by atoms with Gasteiger partial charge in [0.1, 0.15) is 0 Å². The number of benzene rings is 1. The number of hydrogen-bond acceptors (Lipinski definition) is 4. The Morgan fingerprint density at radius 1 is 1.14 bits per heavy atom. The first-order valence-corrected chi connectivity index (χ1v) is 6.79. The second-order valence-corrected chi connectivity index (χ2v) is 4.96. The van der Waals surface area contributed by atoms with E-state index < -0.39 is 0 Å². The number of carbonyl (C=O) groups is 1. The van der Waals surface area contributed by atoms with E-state index in [4.69, 9.17) is 0 Å².